The number of nitrogens with zero attached hydrogens (tertiary/aromatic N) is 1. The Kier molecular flexibility index (Phi) is 4.56. The largest absolute Gasteiger partial charge is 0.347 e. The average molecular weight is 309 g/mol. The van der Waals surface area contributed by atoms with Crippen molar-refractivity contribution in [2.45, 2.75) is 32.7 Å². The Morgan fingerprint density at radius 2 is 1.91 bits per heavy atom. The maximum absolute atomic E-state index is 13.4. The zero-order chi connectivity index (χ0) is 16.2. The van der Waals surface area contributed by atoms with Crippen LogP contribution < -0.4 is 0 Å². The van der Waals surface area contributed by atoms with Gasteiger partial charge in [0.05, 0.1) is 0 Å². The van der Waals surface area contributed by atoms with Crippen molar-refractivity contribution < 1.29 is 9.18 Å². The van der Waals surface area contributed by atoms with Crippen molar-refractivity contribution in [1.29, 1.82) is 0 Å². The quantitative estimate of drug-likeness (QED) is 0.453. The summed E-state index contributed by atoms with van der Waals surface area (Å²) in [5.41, 5.74) is 2.09. The Labute approximate surface area is 135 Å². The van der Waals surface area contributed by atoms with E-state index in [2.05, 4.69) is 11.5 Å². The number of hydrogen-bond acceptors (Lipinski definition) is 1. The molecule has 0 aliphatic heterocycles. The SMILES string of the molecule is CCCCCn1cc(C(=O)c2cccc(F)c2)c2ccccc21. The third kappa shape index (κ3) is 3.19. The van der Waals surface area contributed by atoms with Crippen molar-refractivity contribution in [1.82, 2.24) is 4.57 Å². The molecule has 0 aliphatic rings. The second-order valence-corrected chi connectivity index (χ2v) is 5.80. The number of carbonyl (C=O) groups is 1. The van der Waals surface area contributed by atoms with E-state index in [-0.39, 0.29) is 11.6 Å². The number of benzene rings is 2. The molecule has 1 aromatic heterocycles. The Bertz CT molecular complexity index is 835. The van der Waals surface area contributed by atoms with Crippen LogP contribution in [0.1, 0.15) is 42.1 Å². The zero-order valence-electron chi connectivity index (χ0n) is 13.3. The van der Waals surface area contributed by atoms with Crippen LogP contribution in [0.4, 0.5) is 4.39 Å². The predicted molar refractivity (Wildman–Crippen MR) is 91.3 cm³/mol. The summed E-state index contributed by atoms with van der Waals surface area (Å²) in [4.78, 5) is 12.8. The van der Waals surface area contributed by atoms with Gasteiger partial charge < -0.3 is 4.57 Å². The summed E-state index contributed by atoms with van der Waals surface area (Å²) in [6.45, 7) is 3.07. The fourth-order valence-corrected chi connectivity index (χ4v) is 2.93. The highest BCUT2D eigenvalue weighted by molar-refractivity contribution is 6.16. The molecule has 0 unspecified atom stereocenters. The number of fused-ring (bicyclic) bond motifs is 1. The Morgan fingerprint density at radius 1 is 1.09 bits per heavy atom. The molecule has 3 aromatic rings. The lowest BCUT2D eigenvalue weighted by Crippen LogP contribution is -2.01. The fraction of sp³-hybridized carbons (Fsp3) is 0.250. The summed E-state index contributed by atoms with van der Waals surface area (Å²) in [6.07, 6.45) is 5.32. The number of carbonyl (C=O) groups excluding carboxylic acids is 1. The molecular weight excluding hydrogens is 289 g/mol. The van der Waals surface area contributed by atoms with Gasteiger partial charge in [0.25, 0.3) is 0 Å². The van der Waals surface area contributed by atoms with E-state index < -0.39 is 0 Å². The third-order valence-corrected chi connectivity index (χ3v) is 4.12. The second-order valence-electron chi connectivity index (χ2n) is 5.80. The van der Waals surface area contributed by atoms with E-state index in [0.29, 0.717) is 11.1 Å². The highest BCUT2D eigenvalue weighted by atomic mass is 19.1. The maximum Gasteiger partial charge on any atom is 0.195 e. The molecule has 0 N–H and O–H groups in total. The molecule has 0 aliphatic carbocycles. The molecule has 0 saturated carbocycles. The number of para-hydroxylation sites is 1. The molecular formula is C20H20FNO. The number of rotatable bonds is 6. The summed E-state index contributed by atoms with van der Waals surface area (Å²) in [7, 11) is 0. The van der Waals surface area contributed by atoms with Gasteiger partial charge in [-0.05, 0) is 24.6 Å². The van der Waals surface area contributed by atoms with E-state index in [1.165, 1.54) is 18.6 Å². The van der Waals surface area contributed by atoms with E-state index in [1.807, 2.05) is 30.5 Å². The number of ketones is 1. The van der Waals surface area contributed by atoms with Crippen molar-refractivity contribution in [3.63, 3.8) is 0 Å². The van der Waals surface area contributed by atoms with E-state index in [1.54, 1.807) is 12.1 Å². The molecule has 1 heterocycles. The molecule has 2 nitrogen and oxygen atoms in total. The van der Waals surface area contributed by atoms with E-state index >= 15 is 0 Å². The molecule has 3 rings (SSSR count). The van der Waals surface area contributed by atoms with Crippen LogP contribution >= 0.6 is 0 Å². The average Bonchev–Trinajstić information content (AvgIpc) is 2.93. The van der Waals surface area contributed by atoms with Gasteiger partial charge in [-0.15, -0.1) is 0 Å². The van der Waals surface area contributed by atoms with Crippen LogP contribution in [0.25, 0.3) is 10.9 Å². The summed E-state index contributed by atoms with van der Waals surface area (Å²) in [6, 6.07) is 13.8. The molecule has 0 bridgehead atoms. The first kappa shape index (κ1) is 15.5. The van der Waals surface area contributed by atoms with Gasteiger partial charge in [0, 0.05) is 34.8 Å². The van der Waals surface area contributed by atoms with Gasteiger partial charge in [0.1, 0.15) is 5.82 Å². The fourth-order valence-electron chi connectivity index (χ4n) is 2.93. The number of aromatic nitrogens is 1. The first-order valence-electron chi connectivity index (χ1n) is 8.09. The molecule has 0 amide bonds. The molecule has 0 radical (unpaired) electrons. The highest BCUT2D eigenvalue weighted by Gasteiger charge is 2.16. The van der Waals surface area contributed by atoms with Crippen LogP contribution in [-0.4, -0.2) is 10.4 Å². The molecule has 0 fully saturated rings. The number of hydrogen-bond donors (Lipinski definition) is 0. The molecule has 2 aromatic carbocycles. The molecule has 0 atom stereocenters. The summed E-state index contributed by atoms with van der Waals surface area (Å²) < 4.78 is 15.5. The van der Waals surface area contributed by atoms with Crippen LogP contribution in [0.15, 0.2) is 54.7 Å². The topological polar surface area (TPSA) is 22.0 Å². The zero-order valence-corrected chi connectivity index (χ0v) is 13.3. The van der Waals surface area contributed by atoms with Crippen LogP contribution in [0.3, 0.4) is 0 Å². The van der Waals surface area contributed by atoms with Gasteiger partial charge >= 0.3 is 0 Å². The summed E-state index contributed by atoms with van der Waals surface area (Å²) in [5.74, 6) is -0.516. The lowest BCUT2D eigenvalue weighted by molar-refractivity contribution is 0.103. The molecule has 118 valence electrons. The van der Waals surface area contributed by atoms with E-state index in [9.17, 15) is 9.18 Å². The van der Waals surface area contributed by atoms with Crippen LogP contribution in [0.5, 0.6) is 0 Å². The molecule has 23 heavy (non-hydrogen) atoms. The van der Waals surface area contributed by atoms with E-state index in [0.717, 1.165) is 30.3 Å². The van der Waals surface area contributed by atoms with Crippen LogP contribution in [-0.2, 0) is 6.54 Å². The summed E-state index contributed by atoms with van der Waals surface area (Å²) >= 11 is 0. The molecule has 0 spiro atoms. The minimum Gasteiger partial charge on any atom is -0.347 e. The smallest absolute Gasteiger partial charge is 0.195 e. The van der Waals surface area contributed by atoms with Gasteiger partial charge in [0.15, 0.2) is 5.78 Å². The summed E-state index contributed by atoms with van der Waals surface area (Å²) in [5, 5.41) is 0.929. The van der Waals surface area contributed by atoms with Gasteiger partial charge in [-0.25, -0.2) is 4.39 Å². The minimum absolute atomic E-state index is 0.130. The Morgan fingerprint density at radius 3 is 2.70 bits per heavy atom. The number of halogens is 1. The van der Waals surface area contributed by atoms with E-state index in [4.69, 9.17) is 0 Å². The normalized spacial score (nSPS) is 11.0. The van der Waals surface area contributed by atoms with Crippen LogP contribution in [0, 0.1) is 5.82 Å². The van der Waals surface area contributed by atoms with Gasteiger partial charge in [-0.3, -0.25) is 4.79 Å². The third-order valence-electron chi connectivity index (χ3n) is 4.12. The second kappa shape index (κ2) is 6.78. The number of unbranched alkanes of at least 4 members (excludes halogenated alkanes) is 2. The monoisotopic (exact) mass is 309 g/mol. The molecule has 3 heteroatoms. The van der Waals surface area contributed by atoms with Gasteiger partial charge in [0.2, 0.25) is 0 Å². The van der Waals surface area contributed by atoms with Crippen molar-refractivity contribution in [2.24, 2.45) is 0 Å². The Hall–Kier alpha value is -2.42. The van der Waals surface area contributed by atoms with Gasteiger partial charge in [-0.2, -0.15) is 0 Å². The lowest BCUT2D eigenvalue weighted by Gasteiger charge is -2.03. The van der Waals surface area contributed by atoms with Crippen molar-refractivity contribution >= 4 is 16.7 Å². The first-order chi connectivity index (χ1) is 11.2. The maximum atomic E-state index is 13.4. The standard InChI is InChI=1S/C20H20FNO/c1-2-3-6-12-22-14-18(17-10-4-5-11-19(17)22)20(23)15-8-7-9-16(21)13-15/h4-5,7-11,13-14H,2-3,6,12H2,1H3. The lowest BCUT2D eigenvalue weighted by atomic mass is 10.0. The minimum atomic E-state index is -0.387. The molecule has 0 saturated heterocycles. The van der Waals surface area contributed by atoms with Crippen LogP contribution in [0.2, 0.25) is 0 Å². The van der Waals surface area contributed by atoms with Crippen molar-refractivity contribution in [3.8, 4) is 0 Å². The van der Waals surface area contributed by atoms with Crippen molar-refractivity contribution in [2.75, 3.05) is 0 Å². The number of aryl methyl sites for hydroxylation is 1. The van der Waals surface area contributed by atoms with Crippen molar-refractivity contribution in [3.05, 3.63) is 71.7 Å². The first-order valence-corrected chi connectivity index (χ1v) is 8.09. The predicted octanol–water partition coefficient (Wildman–Crippen LogP) is 5.20. The highest BCUT2D eigenvalue weighted by Crippen LogP contribution is 2.24. The van der Waals surface area contributed by atoms with Gasteiger partial charge in [-0.1, -0.05) is 50.1 Å². The Balaban J connectivity index is 2.02.